The number of nitrogens with zero attached hydrogens (tertiary/aromatic N) is 1. The number of ether oxygens (including phenoxy) is 1. The lowest BCUT2D eigenvalue weighted by Crippen LogP contribution is -2.22. The fourth-order valence-electron chi connectivity index (χ4n) is 3.75. The summed E-state index contributed by atoms with van der Waals surface area (Å²) < 4.78 is 24.5. The zero-order valence-electron chi connectivity index (χ0n) is 15.1. The Morgan fingerprint density at radius 3 is 2.62 bits per heavy atom. The molecule has 5 rings (SSSR count). The van der Waals surface area contributed by atoms with Crippen LogP contribution in [0.25, 0.3) is 22.1 Å². The maximum Gasteiger partial charge on any atom is 0.312 e. The predicted octanol–water partition coefficient (Wildman–Crippen LogP) is 4.44. The molecule has 2 aromatic heterocycles. The first-order valence-electron chi connectivity index (χ1n) is 9.07. The highest BCUT2D eigenvalue weighted by Crippen LogP contribution is 2.42. The van der Waals surface area contributed by atoms with Crippen molar-refractivity contribution in [2.75, 3.05) is 0 Å². The van der Waals surface area contributed by atoms with Crippen LogP contribution < -0.4 is 10.2 Å². The molecule has 0 aliphatic carbocycles. The van der Waals surface area contributed by atoms with Gasteiger partial charge in [-0.05, 0) is 41.5 Å². The van der Waals surface area contributed by atoms with E-state index in [-0.39, 0.29) is 29.6 Å². The Balaban J connectivity index is 1.74. The molecule has 0 saturated heterocycles. The Morgan fingerprint density at radius 2 is 1.86 bits per heavy atom. The summed E-state index contributed by atoms with van der Waals surface area (Å²) in [6.45, 7) is 0. The van der Waals surface area contributed by atoms with Gasteiger partial charge in [-0.2, -0.15) is 0 Å². The van der Waals surface area contributed by atoms with E-state index in [0.29, 0.717) is 33.4 Å². The van der Waals surface area contributed by atoms with Crippen molar-refractivity contribution >= 4 is 16.9 Å². The SMILES string of the molecule is O=C1C[C@H](c2cccnc2)c2c(ccc3c(=O)c(-c4ccc(F)cc4)coc23)O1. The zero-order valence-corrected chi connectivity index (χ0v) is 15.1. The van der Waals surface area contributed by atoms with Crippen LogP contribution in [0.15, 0.2) is 76.4 Å². The average Bonchev–Trinajstić information content (AvgIpc) is 2.74. The number of rotatable bonds is 2. The molecule has 0 fully saturated rings. The van der Waals surface area contributed by atoms with Crippen molar-refractivity contribution in [3.05, 3.63) is 94.4 Å². The molecule has 0 amide bonds. The smallest absolute Gasteiger partial charge is 0.312 e. The third kappa shape index (κ3) is 2.89. The maximum atomic E-state index is 13.2. The van der Waals surface area contributed by atoms with E-state index in [1.807, 2.05) is 6.07 Å². The van der Waals surface area contributed by atoms with Gasteiger partial charge in [-0.3, -0.25) is 14.6 Å². The van der Waals surface area contributed by atoms with Crippen LogP contribution >= 0.6 is 0 Å². The lowest BCUT2D eigenvalue weighted by atomic mass is 9.86. The lowest BCUT2D eigenvalue weighted by molar-refractivity contribution is -0.135. The van der Waals surface area contributed by atoms with E-state index >= 15 is 0 Å². The summed E-state index contributed by atoms with van der Waals surface area (Å²) in [6.07, 6.45) is 4.84. The normalized spacial score (nSPS) is 15.8. The minimum absolute atomic E-state index is 0.126. The molecule has 1 aliphatic rings. The average molecular weight is 387 g/mol. The van der Waals surface area contributed by atoms with Crippen molar-refractivity contribution in [2.45, 2.75) is 12.3 Å². The number of carbonyl (C=O) groups is 1. The molecule has 1 atom stereocenters. The van der Waals surface area contributed by atoms with Gasteiger partial charge in [0.15, 0.2) is 0 Å². The van der Waals surface area contributed by atoms with Crippen molar-refractivity contribution in [1.29, 1.82) is 0 Å². The molecule has 2 aromatic carbocycles. The number of aromatic nitrogens is 1. The number of benzene rings is 2. The minimum Gasteiger partial charge on any atom is -0.463 e. The molecule has 29 heavy (non-hydrogen) atoms. The van der Waals surface area contributed by atoms with Crippen LogP contribution in [0.4, 0.5) is 4.39 Å². The molecule has 4 aromatic rings. The summed E-state index contributed by atoms with van der Waals surface area (Å²) in [7, 11) is 0. The van der Waals surface area contributed by atoms with Crippen LogP contribution in [0.1, 0.15) is 23.5 Å². The molecule has 0 spiro atoms. The highest BCUT2D eigenvalue weighted by Gasteiger charge is 2.32. The maximum absolute atomic E-state index is 13.2. The van der Waals surface area contributed by atoms with E-state index in [1.165, 1.54) is 30.5 Å². The standard InChI is InChI=1S/C23H14FNO4/c24-15-5-3-13(4-6-15)18-12-28-23-16(22(18)27)7-8-19-21(23)17(10-20(26)29-19)14-2-1-9-25-11-14/h1-9,11-12,17H,10H2/t17-/m1/s1. The fourth-order valence-corrected chi connectivity index (χ4v) is 3.75. The molecule has 6 heteroatoms. The molecule has 0 N–H and O–H groups in total. The van der Waals surface area contributed by atoms with Crippen LogP contribution in [-0.4, -0.2) is 11.0 Å². The van der Waals surface area contributed by atoms with E-state index in [2.05, 4.69) is 4.98 Å². The highest BCUT2D eigenvalue weighted by atomic mass is 19.1. The lowest BCUT2D eigenvalue weighted by Gasteiger charge is -2.25. The molecule has 0 saturated carbocycles. The third-order valence-corrected chi connectivity index (χ3v) is 5.13. The molecule has 0 unspecified atom stereocenters. The van der Waals surface area contributed by atoms with E-state index in [4.69, 9.17) is 9.15 Å². The molecule has 0 radical (unpaired) electrons. The van der Waals surface area contributed by atoms with Crippen LogP contribution in [0, 0.1) is 5.82 Å². The van der Waals surface area contributed by atoms with Gasteiger partial charge in [0.1, 0.15) is 23.4 Å². The second kappa shape index (κ2) is 6.67. The predicted molar refractivity (Wildman–Crippen MR) is 104 cm³/mol. The van der Waals surface area contributed by atoms with Gasteiger partial charge in [-0.1, -0.05) is 18.2 Å². The van der Waals surface area contributed by atoms with Gasteiger partial charge < -0.3 is 9.15 Å². The van der Waals surface area contributed by atoms with E-state index < -0.39 is 0 Å². The minimum atomic E-state index is -0.380. The van der Waals surface area contributed by atoms with Gasteiger partial charge >= 0.3 is 5.97 Å². The second-order valence-electron chi connectivity index (χ2n) is 6.86. The Bertz CT molecular complexity index is 1300. The summed E-state index contributed by atoms with van der Waals surface area (Å²) in [5, 5.41) is 0.373. The second-order valence-corrected chi connectivity index (χ2v) is 6.86. The monoisotopic (exact) mass is 387 g/mol. The van der Waals surface area contributed by atoms with Crippen LogP contribution in [0.2, 0.25) is 0 Å². The summed E-state index contributed by atoms with van der Waals surface area (Å²) in [5.74, 6) is -0.686. The fraction of sp³-hybridized carbons (Fsp3) is 0.0870. The number of halogens is 1. The Kier molecular flexibility index (Phi) is 3.98. The van der Waals surface area contributed by atoms with Gasteiger partial charge in [0.2, 0.25) is 5.43 Å². The Morgan fingerprint density at radius 1 is 1.03 bits per heavy atom. The van der Waals surface area contributed by atoms with Crippen molar-refractivity contribution in [3.8, 4) is 16.9 Å². The summed E-state index contributed by atoms with van der Waals surface area (Å²) in [6, 6.07) is 12.5. The first-order valence-corrected chi connectivity index (χ1v) is 9.07. The Labute approximate surface area is 164 Å². The van der Waals surface area contributed by atoms with Crippen molar-refractivity contribution in [2.24, 2.45) is 0 Å². The molecular formula is C23H14FNO4. The number of hydrogen-bond donors (Lipinski definition) is 0. The summed E-state index contributed by atoms with van der Waals surface area (Å²) >= 11 is 0. The topological polar surface area (TPSA) is 69.4 Å². The number of carbonyl (C=O) groups excluding carboxylic acids is 1. The summed E-state index contributed by atoms with van der Waals surface area (Å²) in [4.78, 5) is 29.4. The molecule has 142 valence electrons. The van der Waals surface area contributed by atoms with Crippen LogP contribution in [0.3, 0.4) is 0 Å². The first kappa shape index (κ1) is 17.3. The molecule has 0 bridgehead atoms. The quantitative estimate of drug-likeness (QED) is 0.376. The number of fused-ring (bicyclic) bond motifs is 3. The van der Waals surface area contributed by atoms with E-state index in [1.54, 1.807) is 30.6 Å². The first-order chi connectivity index (χ1) is 14.1. The number of hydrogen-bond acceptors (Lipinski definition) is 5. The molecule has 1 aliphatic heterocycles. The van der Waals surface area contributed by atoms with Crippen LogP contribution in [0.5, 0.6) is 5.75 Å². The highest BCUT2D eigenvalue weighted by molar-refractivity contribution is 5.90. The van der Waals surface area contributed by atoms with E-state index in [0.717, 1.165) is 5.56 Å². The molecule has 3 heterocycles. The van der Waals surface area contributed by atoms with Crippen LogP contribution in [-0.2, 0) is 4.79 Å². The molecular weight excluding hydrogens is 373 g/mol. The zero-order chi connectivity index (χ0) is 20.0. The van der Waals surface area contributed by atoms with Gasteiger partial charge in [0.05, 0.1) is 17.4 Å². The van der Waals surface area contributed by atoms with Gasteiger partial charge in [0, 0.05) is 23.9 Å². The van der Waals surface area contributed by atoms with E-state index in [9.17, 15) is 14.0 Å². The van der Waals surface area contributed by atoms with Crippen molar-refractivity contribution in [1.82, 2.24) is 4.98 Å². The number of pyridine rings is 1. The Hall–Kier alpha value is -3.80. The third-order valence-electron chi connectivity index (χ3n) is 5.13. The van der Waals surface area contributed by atoms with Crippen molar-refractivity contribution < 1.29 is 18.3 Å². The largest absolute Gasteiger partial charge is 0.463 e. The number of esters is 1. The van der Waals surface area contributed by atoms with Gasteiger partial charge in [0.25, 0.3) is 0 Å². The van der Waals surface area contributed by atoms with Crippen molar-refractivity contribution in [3.63, 3.8) is 0 Å². The van der Waals surface area contributed by atoms with Gasteiger partial charge in [-0.25, -0.2) is 4.39 Å². The van der Waals surface area contributed by atoms with Gasteiger partial charge in [-0.15, -0.1) is 0 Å². The molecule has 5 nitrogen and oxygen atoms in total. The summed E-state index contributed by atoms with van der Waals surface area (Å²) in [5.41, 5.74) is 2.53.